The molecule has 1 rings (SSSR count). The number of esters is 1. The average Bonchev–Trinajstić information content (AvgIpc) is 2.16. The third kappa shape index (κ3) is 3.76. The summed E-state index contributed by atoms with van der Waals surface area (Å²) in [5, 5.41) is 10.3. The highest BCUT2D eigenvalue weighted by Crippen LogP contribution is 2.31. The summed E-state index contributed by atoms with van der Waals surface area (Å²) in [7, 11) is 0. The summed E-state index contributed by atoms with van der Waals surface area (Å²) in [6, 6.07) is 0. The van der Waals surface area contributed by atoms with E-state index in [2.05, 4.69) is 13.8 Å². The molecule has 0 aromatic heterocycles. The molecular weight excluding hydrogens is 208 g/mol. The Morgan fingerprint density at radius 3 is 2.88 bits per heavy atom. The van der Waals surface area contributed by atoms with E-state index in [4.69, 9.17) is 9.47 Å². The molecule has 0 aromatic carbocycles. The van der Waals surface area contributed by atoms with E-state index in [9.17, 15) is 9.90 Å². The predicted molar refractivity (Wildman–Crippen MR) is 60.0 cm³/mol. The number of carbonyl (C=O) groups excluding carboxylic acids is 1. The Kier molecular flexibility index (Phi) is 4.74. The first-order valence-corrected chi connectivity index (χ1v) is 5.96. The quantitative estimate of drug-likeness (QED) is 0.744. The van der Waals surface area contributed by atoms with Gasteiger partial charge >= 0.3 is 5.97 Å². The zero-order valence-electron chi connectivity index (χ0n) is 10.4. The first-order chi connectivity index (χ1) is 7.47. The van der Waals surface area contributed by atoms with Crippen LogP contribution in [0.25, 0.3) is 0 Å². The second-order valence-corrected chi connectivity index (χ2v) is 4.81. The Balaban J connectivity index is 2.52. The topological polar surface area (TPSA) is 55.8 Å². The van der Waals surface area contributed by atoms with Gasteiger partial charge in [0.1, 0.15) is 0 Å². The lowest BCUT2D eigenvalue weighted by atomic mass is 9.84. The number of rotatable bonds is 4. The average molecular weight is 230 g/mol. The van der Waals surface area contributed by atoms with E-state index in [0.29, 0.717) is 32.0 Å². The highest BCUT2D eigenvalue weighted by molar-refractivity contribution is 5.70. The first-order valence-electron chi connectivity index (χ1n) is 5.96. The van der Waals surface area contributed by atoms with Gasteiger partial charge in [-0.1, -0.05) is 13.8 Å². The van der Waals surface area contributed by atoms with Gasteiger partial charge in [0.25, 0.3) is 0 Å². The Morgan fingerprint density at radius 2 is 2.31 bits per heavy atom. The number of ether oxygens (including phenoxy) is 2. The highest BCUT2D eigenvalue weighted by Gasteiger charge is 2.38. The van der Waals surface area contributed by atoms with E-state index in [0.717, 1.165) is 0 Å². The van der Waals surface area contributed by atoms with Crippen LogP contribution in [0, 0.1) is 5.92 Å². The molecular formula is C12H22O4. The highest BCUT2D eigenvalue weighted by atomic mass is 16.5. The number of carbonyl (C=O) groups is 1. The largest absolute Gasteiger partial charge is 0.466 e. The van der Waals surface area contributed by atoms with Crippen molar-refractivity contribution in [3.8, 4) is 0 Å². The maximum absolute atomic E-state index is 11.4. The zero-order chi connectivity index (χ0) is 12.2. The van der Waals surface area contributed by atoms with Crippen molar-refractivity contribution >= 4 is 5.97 Å². The van der Waals surface area contributed by atoms with Crippen LogP contribution in [-0.4, -0.2) is 36.0 Å². The molecule has 1 aliphatic rings. The molecule has 1 aliphatic heterocycles. The standard InChI is InChI=1S/C12H22O4/c1-4-15-11(13)8-12(14)5-6-16-10(7-12)9(2)3/h9-10,14H,4-8H2,1-3H3. The first kappa shape index (κ1) is 13.5. The predicted octanol–water partition coefficient (Wildman–Crippen LogP) is 1.51. The lowest BCUT2D eigenvalue weighted by Gasteiger charge is -2.37. The van der Waals surface area contributed by atoms with E-state index in [1.165, 1.54) is 0 Å². The maximum Gasteiger partial charge on any atom is 0.308 e. The fraction of sp³-hybridized carbons (Fsp3) is 0.917. The summed E-state index contributed by atoms with van der Waals surface area (Å²) in [6.07, 6.45) is 1.14. The van der Waals surface area contributed by atoms with Crippen molar-refractivity contribution in [1.29, 1.82) is 0 Å². The summed E-state index contributed by atoms with van der Waals surface area (Å²) in [4.78, 5) is 11.4. The molecule has 94 valence electrons. The van der Waals surface area contributed by atoms with Gasteiger partial charge in [0.15, 0.2) is 0 Å². The normalized spacial score (nSPS) is 30.4. The fourth-order valence-corrected chi connectivity index (χ4v) is 2.01. The molecule has 2 atom stereocenters. The smallest absolute Gasteiger partial charge is 0.308 e. The van der Waals surface area contributed by atoms with Gasteiger partial charge in [-0.05, 0) is 12.8 Å². The van der Waals surface area contributed by atoms with Gasteiger partial charge in [-0.25, -0.2) is 0 Å². The van der Waals surface area contributed by atoms with Crippen molar-refractivity contribution in [1.82, 2.24) is 0 Å². The molecule has 2 unspecified atom stereocenters. The fourth-order valence-electron chi connectivity index (χ4n) is 2.01. The lowest BCUT2D eigenvalue weighted by molar-refractivity contribution is -0.159. The molecule has 4 nitrogen and oxygen atoms in total. The Bertz CT molecular complexity index is 239. The van der Waals surface area contributed by atoms with Crippen LogP contribution < -0.4 is 0 Å². The number of hydrogen-bond acceptors (Lipinski definition) is 4. The lowest BCUT2D eigenvalue weighted by Crippen LogP contribution is -2.44. The number of aliphatic hydroxyl groups is 1. The second kappa shape index (κ2) is 5.64. The molecule has 1 N–H and O–H groups in total. The molecule has 4 heteroatoms. The SMILES string of the molecule is CCOC(=O)CC1(O)CCOC(C(C)C)C1. The monoisotopic (exact) mass is 230 g/mol. The van der Waals surface area contributed by atoms with Gasteiger partial charge in [0.05, 0.1) is 24.7 Å². The summed E-state index contributed by atoms with van der Waals surface area (Å²) in [5.74, 6) is 0.0310. The molecule has 0 bridgehead atoms. The van der Waals surface area contributed by atoms with E-state index >= 15 is 0 Å². The van der Waals surface area contributed by atoms with Gasteiger partial charge in [0, 0.05) is 19.4 Å². The minimum Gasteiger partial charge on any atom is -0.466 e. The summed E-state index contributed by atoms with van der Waals surface area (Å²) >= 11 is 0. The molecule has 0 amide bonds. The molecule has 0 saturated carbocycles. The minimum absolute atomic E-state index is 0.0353. The third-order valence-corrected chi connectivity index (χ3v) is 3.00. The summed E-state index contributed by atoms with van der Waals surface area (Å²) < 4.78 is 10.4. The van der Waals surface area contributed by atoms with Crippen molar-refractivity contribution in [3.05, 3.63) is 0 Å². The second-order valence-electron chi connectivity index (χ2n) is 4.81. The molecule has 0 spiro atoms. The Labute approximate surface area is 96.9 Å². The van der Waals surface area contributed by atoms with E-state index < -0.39 is 5.60 Å². The van der Waals surface area contributed by atoms with Crippen molar-refractivity contribution in [2.45, 2.75) is 51.7 Å². The van der Waals surface area contributed by atoms with Crippen molar-refractivity contribution in [2.75, 3.05) is 13.2 Å². The van der Waals surface area contributed by atoms with E-state index in [1.54, 1.807) is 6.92 Å². The van der Waals surface area contributed by atoms with Crippen LogP contribution in [0.4, 0.5) is 0 Å². The third-order valence-electron chi connectivity index (χ3n) is 3.00. The molecule has 1 heterocycles. The van der Waals surface area contributed by atoms with Gasteiger partial charge in [-0.3, -0.25) is 4.79 Å². The minimum atomic E-state index is -0.945. The van der Waals surface area contributed by atoms with Crippen LogP contribution in [0.15, 0.2) is 0 Å². The Hall–Kier alpha value is -0.610. The Morgan fingerprint density at radius 1 is 1.62 bits per heavy atom. The van der Waals surface area contributed by atoms with Crippen LogP contribution in [0.3, 0.4) is 0 Å². The molecule has 16 heavy (non-hydrogen) atoms. The van der Waals surface area contributed by atoms with E-state index in [-0.39, 0.29) is 18.5 Å². The van der Waals surface area contributed by atoms with E-state index in [1.807, 2.05) is 0 Å². The molecule has 0 aromatic rings. The van der Waals surface area contributed by atoms with Crippen molar-refractivity contribution in [3.63, 3.8) is 0 Å². The van der Waals surface area contributed by atoms with Gasteiger partial charge < -0.3 is 14.6 Å². The molecule has 1 fully saturated rings. The van der Waals surface area contributed by atoms with Crippen LogP contribution in [0.2, 0.25) is 0 Å². The van der Waals surface area contributed by atoms with Crippen molar-refractivity contribution < 1.29 is 19.4 Å². The van der Waals surface area contributed by atoms with Gasteiger partial charge in [-0.15, -0.1) is 0 Å². The zero-order valence-corrected chi connectivity index (χ0v) is 10.4. The molecule has 1 saturated heterocycles. The number of hydrogen-bond donors (Lipinski definition) is 1. The molecule has 0 radical (unpaired) electrons. The van der Waals surface area contributed by atoms with Crippen LogP contribution >= 0.6 is 0 Å². The summed E-state index contributed by atoms with van der Waals surface area (Å²) in [6.45, 7) is 6.75. The summed E-state index contributed by atoms with van der Waals surface area (Å²) in [5.41, 5.74) is -0.945. The van der Waals surface area contributed by atoms with Gasteiger partial charge in [0.2, 0.25) is 0 Å². The maximum atomic E-state index is 11.4. The van der Waals surface area contributed by atoms with Crippen LogP contribution in [0.1, 0.15) is 40.0 Å². The van der Waals surface area contributed by atoms with Gasteiger partial charge in [-0.2, -0.15) is 0 Å². The molecule has 0 aliphatic carbocycles. The van der Waals surface area contributed by atoms with Crippen LogP contribution in [-0.2, 0) is 14.3 Å². The van der Waals surface area contributed by atoms with Crippen molar-refractivity contribution in [2.24, 2.45) is 5.92 Å². The van der Waals surface area contributed by atoms with Crippen LogP contribution in [0.5, 0.6) is 0 Å².